The van der Waals surface area contributed by atoms with E-state index in [4.69, 9.17) is 0 Å². The highest BCUT2D eigenvalue weighted by molar-refractivity contribution is 5.99. The Morgan fingerprint density at radius 1 is 1.00 bits per heavy atom. The molecule has 122 valence electrons. The van der Waals surface area contributed by atoms with Gasteiger partial charge in [-0.1, -0.05) is 81.5 Å². The molecule has 3 heteroatoms. The highest BCUT2D eigenvalue weighted by Crippen LogP contribution is 2.16. The molecule has 0 saturated heterocycles. The van der Waals surface area contributed by atoms with Crippen LogP contribution in [0.3, 0.4) is 0 Å². The second kappa shape index (κ2) is 9.78. The fourth-order valence-electron chi connectivity index (χ4n) is 2.66. The van der Waals surface area contributed by atoms with E-state index in [1.165, 1.54) is 31.1 Å². The minimum atomic E-state index is -0.00280. The van der Waals surface area contributed by atoms with Crippen LogP contribution in [-0.4, -0.2) is 12.1 Å². The van der Waals surface area contributed by atoms with Gasteiger partial charge in [-0.05, 0) is 17.2 Å². The zero-order chi connectivity index (χ0) is 16.3. The van der Waals surface area contributed by atoms with E-state index in [2.05, 4.69) is 35.7 Å². The van der Waals surface area contributed by atoms with Crippen LogP contribution in [0.2, 0.25) is 0 Å². The smallest absolute Gasteiger partial charge is 0.240 e. The third kappa shape index (κ3) is 5.85. The molecule has 2 aromatic rings. The molecule has 0 radical (unpaired) electrons. The zero-order valence-electron chi connectivity index (χ0n) is 13.9. The van der Waals surface area contributed by atoms with Crippen molar-refractivity contribution in [1.82, 2.24) is 5.43 Å². The molecular weight excluding hydrogens is 284 g/mol. The lowest BCUT2D eigenvalue weighted by Gasteiger charge is -2.02. The number of carbonyl (C=O) groups is 1. The molecule has 2 aromatic carbocycles. The average molecular weight is 310 g/mol. The van der Waals surface area contributed by atoms with E-state index in [0.29, 0.717) is 6.42 Å². The number of rotatable bonds is 9. The number of benzene rings is 2. The molecule has 1 amide bonds. The molecule has 0 heterocycles. The van der Waals surface area contributed by atoms with Crippen LogP contribution in [0.25, 0.3) is 10.8 Å². The molecule has 0 unspecified atom stereocenters. The number of hydrazone groups is 1. The maximum Gasteiger partial charge on any atom is 0.240 e. The Labute approximate surface area is 138 Å². The molecule has 3 nitrogen and oxygen atoms in total. The second-order valence-electron chi connectivity index (χ2n) is 5.88. The van der Waals surface area contributed by atoms with Gasteiger partial charge in [0.2, 0.25) is 5.91 Å². The number of unbranched alkanes of at least 4 members (excludes halogenated alkanes) is 5. The van der Waals surface area contributed by atoms with E-state index in [1.54, 1.807) is 6.21 Å². The van der Waals surface area contributed by atoms with Crippen LogP contribution in [0.1, 0.15) is 57.4 Å². The van der Waals surface area contributed by atoms with Gasteiger partial charge in [-0.25, -0.2) is 5.43 Å². The molecule has 0 atom stereocenters. The van der Waals surface area contributed by atoms with Crippen LogP contribution in [0.4, 0.5) is 0 Å². The monoisotopic (exact) mass is 310 g/mol. The number of fused-ring (bicyclic) bond motifs is 1. The molecule has 0 aliphatic rings. The first-order valence-corrected chi connectivity index (χ1v) is 8.61. The van der Waals surface area contributed by atoms with Gasteiger partial charge in [0.15, 0.2) is 0 Å². The van der Waals surface area contributed by atoms with Gasteiger partial charge < -0.3 is 0 Å². The summed E-state index contributed by atoms with van der Waals surface area (Å²) in [4.78, 5) is 11.8. The SMILES string of the molecule is CCCCCCCCC(=O)NN=Cc1cccc2ccccc12. The summed E-state index contributed by atoms with van der Waals surface area (Å²) in [6.07, 6.45) is 9.39. The Kier molecular flexibility index (Phi) is 7.31. The number of nitrogens with zero attached hydrogens (tertiary/aromatic N) is 1. The first kappa shape index (κ1) is 17.2. The predicted molar refractivity (Wildman–Crippen MR) is 97.7 cm³/mol. The summed E-state index contributed by atoms with van der Waals surface area (Å²) in [6.45, 7) is 2.21. The van der Waals surface area contributed by atoms with Gasteiger partial charge in [0.05, 0.1) is 6.21 Å². The van der Waals surface area contributed by atoms with Gasteiger partial charge in [-0.3, -0.25) is 4.79 Å². The number of carbonyl (C=O) groups excluding carboxylic acids is 1. The Hall–Kier alpha value is -2.16. The predicted octanol–water partition coefficient (Wildman–Crippen LogP) is 5.04. The summed E-state index contributed by atoms with van der Waals surface area (Å²) in [5.41, 5.74) is 3.65. The van der Waals surface area contributed by atoms with Gasteiger partial charge >= 0.3 is 0 Å². The number of amides is 1. The van der Waals surface area contributed by atoms with E-state index < -0.39 is 0 Å². The van der Waals surface area contributed by atoms with Gasteiger partial charge in [-0.15, -0.1) is 0 Å². The van der Waals surface area contributed by atoms with Crippen molar-refractivity contribution >= 4 is 22.9 Å². The topological polar surface area (TPSA) is 41.5 Å². The van der Waals surface area contributed by atoms with E-state index in [0.717, 1.165) is 23.8 Å². The lowest BCUT2D eigenvalue weighted by atomic mass is 10.1. The Balaban J connectivity index is 1.76. The fourth-order valence-corrected chi connectivity index (χ4v) is 2.66. The van der Waals surface area contributed by atoms with E-state index in [-0.39, 0.29) is 5.91 Å². The average Bonchev–Trinajstić information content (AvgIpc) is 2.58. The molecule has 0 aliphatic carbocycles. The second-order valence-corrected chi connectivity index (χ2v) is 5.88. The highest BCUT2D eigenvalue weighted by Gasteiger charge is 2.00. The van der Waals surface area contributed by atoms with Crippen molar-refractivity contribution in [3.05, 3.63) is 48.0 Å². The first-order chi connectivity index (χ1) is 11.3. The lowest BCUT2D eigenvalue weighted by Crippen LogP contribution is -2.16. The summed E-state index contributed by atoms with van der Waals surface area (Å²) >= 11 is 0. The summed E-state index contributed by atoms with van der Waals surface area (Å²) < 4.78 is 0. The van der Waals surface area contributed by atoms with Gasteiger partial charge in [0.25, 0.3) is 0 Å². The Bertz CT molecular complexity index is 644. The Morgan fingerprint density at radius 3 is 2.61 bits per heavy atom. The molecule has 1 N–H and O–H groups in total. The third-order valence-corrected chi connectivity index (χ3v) is 3.97. The summed E-state index contributed by atoms with van der Waals surface area (Å²) in [5.74, 6) is -0.00280. The summed E-state index contributed by atoms with van der Waals surface area (Å²) in [5, 5.41) is 6.41. The van der Waals surface area contributed by atoms with Crippen molar-refractivity contribution in [3.8, 4) is 0 Å². The fraction of sp³-hybridized carbons (Fsp3) is 0.400. The van der Waals surface area contributed by atoms with Gasteiger partial charge in [-0.2, -0.15) is 5.10 Å². The van der Waals surface area contributed by atoms with Crippen LogP contribution in [0.15, 0.2) is 47.6 Å². The van der Waals surface area contributed by atoms with Crippen molar-refractivity contribution in [1.29, 1.82) is 0 Å². The molecule has 0 saturated carbocycles. The van der Waals surface area contributed by atoms with E-state index in [9.17, 15) is 4.79 Å². The largest absolute Gasteiger partial charge is 0.273 e. The molecule has 0 aromatic heterocycles. The summed E-state index contributed by atoms with van der Waals surface area (Å²) in [7, 11) is 0. The van der Waals surface area contributed by atoms with E-state index >= 15 is 0 Å². The lowest BCUT2D eigenvalue weighted by molar-refractivity contribution is -0.121. The van der Waals surface area contributed by atoms with Crippen molar-refractivity contribution in [2.45, 2.75) is 51.9 Å². The van der Waals surface area contributed by atoms with Crippen LogP contribution in [0, 0.1) is 0 Å². The molecule has 2 rings (SSSR count). The van der Waals surface area contributed by atoms with Crippen molar-refractivity contribution in [2.75, 3.05) is 0 Å². The molecule has 23 heavy (non-hydrogen) atoms. The molecular formula is C20H26N2O. The van der Waals surface area contributed by atoms with Crippen molar-refractivity contribution < 1.29 is 4.79 Å². The standard InChI is InChI=1S/C20H26N2O/c1-2-3-4-5-6-7-15-20(23)22-21-16-18-13-10-12-17-11-8-9-14-19(17)18/h8-14,16H,2-7,15H2,1H3,(H,22,23). The molecule has 0 aliphatic heterocycles. The Morgan fingerprint density at radius 2 is 1.74 bits per heavy atom. The zero-order valence-corrected chi connectivity index (χ0v) is 13.9. The number of hydrogen-bond acceptors (Lipinski definition) is 2. The van der Waals surface area contributed by atoms with Crippen molar-refractivity contribution in [2.24, 2.45) is 5.10 Å². The van der Waals surface area contributed by atoms with Crippen LogP contribution in [0.5, 0.6) is 0 Å². The van der Waals surface area contributed by atoms with Gasteiger partial charge in [0, 0.05) is 12.0 Å². The molecule has 0 spiro atoms. The quantitative estimate of drug-likeness (QED) is 0.393. The number of hydrogen-bond donors (Lipinski definition) is 1. The maximum absolute atomic E-state index is 11.8. The minimum absolute atomic E-state index is 0.00280. The van der Waals surface area contributed by atoms with Crippen molar-refractivity contribution in [3.63, 3.8) is 0 Å². The summed E-state index contributed by atoms with van der Waals surface area (Å²) in [6, 6.07) is 14.2. The van der Waals surface area contributed by atoms with Crippen LogP contribution < -0.4 is 5.43 Å². The van der Waals surface area contributed by atoms with Crippen LogP contribution in [-0.2, 0) is 4.79 Å². The first-order valence-electron chi connectivity index (χ1n) is 8.61. The van der Waals surface area contributed by atoms with E-state index in [1.807, 2.05) is 24.3 Å². The third-order valence-electron chi connectivity index (χ3n) is 3.97. The normalized spacial score (nSPS) is 11.2. The minimum Gasteiger partial charge on any atom is -0.273 e. The maximum atomic E-state index is 11.8. The highest BCUT2D eigenvalue weighted by atomic mass is 16.2. The molecule has 0 bridgehead atoms. The van der Waals surface area contributed by atoms with Crippen LogP contribution >= 0.6 is 0 Å². The molecule has 0 fully saturated rings. The van der Waals surface area contributed by atoms with Gasteiger partial charge in [0.1, 0.15) is 0 Å². The number of nitrogens with one attached hydrogen (secondary N) is 1.